The molecule has 0 amide bonds. The first-order valence-corrected chi connectivity index (χ1v) is 4.26. The zero-order valence-corrected chi connectivity index (χ0v) is 9.26. The second-order valence-corrected chi connectivity index (χ2v) is 3.38. The maximum atomic E-state index is 13.0. The molecular formula is C8H8Cl3F2N. The molecule has 1 rings (SSSR count). The van der Waals surface area contributed by atoms with Crippen LogP contribution in [-0.2, 0) is 5.92 Å². The van der Waals surface area contributed by atoms with Crippen molar-refractivity contribution in [3.05, 3.63) is 33.8 Å². The number of alkyl halides is 2. The average Bonchev–Trinajstić information content (AvgIpc) is 2.03. The van der Waals surface area contributed by atoms with Crippen LogP contribution in [0.5, 0.6) is 0 Å². The summed E-state index contributed by atoms with van der Waals surface area (Å²) in [6.07, 6.45) is 0. The summed E-state index contributed by atoms with van der Waals surface area (Å²) in [4.78, 5) is 0. The molecule has 80 valence electrons. The molecule has 0 saturated carbocycles. The van der Waals surface area contributed by atoms with Gasteiger partial charge in [0.2, 0.25) is 0 Å². The van der Waals surface area contributed by atoms with Gasteiger partial charge in [0.1, 0.15) is 0 Å². The Bertz CT molecular complexity index is 317. The predicted molar refractivity (Wildman–Crippen MR) is 56.7 cm³/mol. The molecule has 0 heterocycles. The Morgan fingerprint density at radius 2 is 1.86 bits per heavy atom. The number of rotatable bonds is 2. The highest BCUT2D eigenvalue weighted by atomic mass is 35.5. The Kier molecular flexibility index (Phi) is 5.09. The summed E-state index contributed by atoms with van der Waals surface area (Å²) in [5.41, 5.74) is 4.61. The lowest BCUT2D eigenvalue weighted by Gasteiger charge is -2.15. The minimum Gasteiger partial charge on any atom is -0.325 e. The number of hydrogen-bond acceptors (Lipinski definition) is 1. The van der Waals surface area contributed by atoms with Gasteiger partial charge in [-0.15, -0.1) is 12.4 Å². The number of nitrogens with two attached hydrogens (primary N) is 1. The first-order chi connectivity index (χ1) is 5.97. The molecule has 0 aliphatic rings. The summed E-state index contributed by atoms with van der Waals surface area (Å²) in [6, 6.07) is 3.80. The second kappa shape index (κ2) is 5.12. The molecule has 0 aliphatic carbocycles. The van der Waals surface area contributed by atoms with Crippen LogP contribution in [0.1, 0.15) is 5.56 Å². The third kappa shape index (κ3) is 2.95. The highest BCUT2D eigenvalue weighted by Gasteiger charge is 2.31. The number of benzene rings is 1. The minimum atomic E-state index is -3.10. The van der Waals surface area contributed by atoms with Gasteiger partial charge in [-0.3, -0.25) is 0 Å². The molecule has 1 aromatic carbocycles. The zero-order valence-electron chi connectivity index (χ0n) is 6.94. The predicted octanol–water partition coefficient (Wildman–Crippen LogP) is 3.47. The van der Waals surface area contributed by atoms with Crippen molar-refractivity contribution in [3.8, 4) is 0 Å². The van der Waals surface area contributed by atoms with Crippen molar-refractivity contribution in [2.75, 3.05) is 6.54 Å². The summed E-state index contributed by atoms with van der Waals surface area (Å²) >= 11 is 11.1. The largest absolute Gasteiger partial charge is 0.325 e. The van der Waals surface area contributed by atoms with Crippen LogP contribution < -0.4 is 5.73 Å². The van der Waals surface area contributed by atoms with Crippen molar-refractivity contribution in [2.24, 2.45) is 5.73 Å². The van der Waals surface area contributed by atoms with E-state index >= 15 is 0 Å². The molecule has 0 aromatic heterocycles. The van der Waals surface area contributed by atoms with Crippen LogP contribution in [0.4, 0.5) is 8.78 Å². The van der Waals surface area contributed by atoms with Crippen LogP contribution in [-0.4, -0.2) is 6.54 Å². The standard InChI is InChI=1S/C8H7Cl2F2N.ClH/c9-5-1-2-6(7(10)3-5)8(11,12)4-13;/h1-3H,4,13H2;1H. The van der Waals surface area contributed by atoms with Crippen LogP contribution >= 0.6 is 35.6 Å². The minimum absolute atomic E-state index is 0. The normalized spacial score (nSPS) is 10.9. The average molecular weight is 263 g/mol. The molecule has 0 saturated heterocycles. The first-order valence-electron chi connectivity index (χ1n) is 3.51. The molecular weight excluding hydrogens is 254 g/mol. The highest BCUT2D eigenvalue weighted by molar-refractivity contribution is 6.35. The molecule has 0 atom stereocenters. The van der Waals surface area contributed by atoms with E-state index in [-0.39, 0.29) is 23.0 Å². The zero-order chi connectivity index (χ0) is 10.1. The monoisotopic (exact) mass is 261 g/mol. The van der Waals surface area contributed by atoms with Gasteiger partial charge in [-0.25, -0.2) is 0 Å². The molecule has 14 heavy (non-hydrogen) atoms. The lowest BCUT2D eigenvalue weighted by Crippen LogP contribution is -2.25. The molecule has 2 N–H and O–H groups in total. The van der Waals surface area contributed by atoms with Crippen LogP contribution in [0.2, 0.25) is 10.0 Å². The maximum absolute atomic E-state index is 13.0. The van der Waals surface area contributed by atoms with E-state index < -0.39 is 12.5 Å². The molecule has 0 unspecified atom stereocenters. The fraction of sp³-hybridized carbons (Fsp3) is 0.250. The van der Waals surface area contributed by atoms with Crippen molar-refractivity contribution in [1.82, 2.24) is 0 Å². The van der Waals surface area contributed by atoms with E-state index in [0.717, 1.165) is 0 Å². The van der Waals surface area contributed by atoms with E-state index in [4.69, 9.17) is 28.9 Å². The van der Waals surface area contributed by atoms with E-state index in [2.05, 4.69) is 0 Å². The van der Waals surface area contributed by atoms with E-state index in [0.29, 0.717) is 5.02 Å². The Balaban J connectivity index is 0.00000169. The fourth-order valence-electron chi connectivity index (χ4n) is 0.896. The third-order valence-electron chi connectivity index (χ3n) is 1.58. The lowest BCUT2D eigenvalue weighted by molar-refractivity contribution is 0.00607. The van der Waals surface area contributed by atoms with E-state index in [1.165, 1.54) is 18.2 Å². The van der Waals surface area contributed by atoms with Crippen LogP contribution in [0.15, 0.2) is 18.2 Å². The van der Waals surface area contributed by atoms with Gasteiger partial charge in [0.25, 0.3) is 5.92 Å². The molecule has 0 radical (unpaired) electrons. The van der Waals surface area contributed by atoms with E-state index in [1.54, 1.807) is 0 Å². The SMILES string of the molecule is Cl.NCC(F)(F)c1ccc(Cl)cc1Cl. The van der Waals surface area contributed by atoms with Gasteiger partial charge in [0.15, 0.2) is 0 Å². The van der Waals surface area contributed by atoms with Gasteiger partial charge in [-0.1, -0.05) is 29.3 Å². The maximum Gasteiger partial charge on any atom is 0.286 e. The summed E-state index contributed by atoms with van der Waals surface area (Å²) in [6.45, 7) is -0.769. The molecule has 0 fully saturated rings. The summed E-state index contributed by atoms with van der Waals surface area (Å²) in [7, 11) is 0. The summed E-state index contributed by atoms with van der Waals surface area (Å²) in [5.74, 6) is -3.10. The molecule has 0 bridgehead atoms. The summed E-state index contributed by atoms with van der Waals surface area (Å²) < 4.78 is 26.1. The summed E-state index contributed by atoms with van der Waals surface area (Å²) in [5, 5.41) is 0.254. The Morgan fingerprint density at radius 1 is 1.29 bits per heavy atom. The van der Waals surface area contributed by atoms with Gasteiger partial charge in [-0.05, 0) is 12.1 Å². The van der Waals surface area contributed by atoms with Gasteiger partial charge in [0, 0.05) is 10.6 Å². The Morgan fingerprint density at radius 3 is 2.29 bits per heavy atom. The van der Waals surface area contributed by atoms with Crippen molar-refractivity contribution < 1.29 is 8.78 Å². The lowest BCUT2D eigenvalue weighted by atomic mass is 10.1. The van der Waals surface area contributed by atoms with Crippen LogP contribution in [0.25, 0.3) is 0 Å². The second-order valence-electron chi connectivity index (χ2n) is 2.53. The van der Waals surface area contributed by atoms with Gasteiger partial charge in [0.05, 0.1) is 11.6 Å². The smallest absolute Gasteiger partial charge is 0.286 e. The van der Waals surface area contributed by atoms with Gasteiger partial charge >= 0.3 is 0 Å². The van der Waals surface area contributed by atoms with E-state index in [1.807, 2.05) is 0 Å². The topological polar surface area (TPSA) is 26.0 Å². The van der Waals surface area contributed by atoms with Crippen molar-refractivity contribution in [2.45, 2.75) is 5.92 Å². The first kappa shape index (κ1) is 13.9. The molecule has 6 heteroatoms. The van der Waals surface area contributed by atoms with Crippen molar-refractivity contribution >= 4 is 35.6 Å². The highest BCUT2D eigenvalue weighted by Crippen LogP contribution is 2.33. The third-order valence-corrected chi connectivity index (χ3v) is 2.13. The van der Waals surface area contributed by atoms with E-state index in [9.17, 15) is 8.78 Å². The van der Waals surface area contributed by atoms with Crippen molar-refractivity contribution in [1.29, 1.82) is 0 Å². The van der Waals surface area contributed by atoms with Gasteiger partial charge in [-0.2, -0.15) is 8.78 Å². The van der Waals surface area contributed by atoms with Crippen molar-refractivity contribution in [3.63, 3.8) is 0 Å². The molecule has 0 aliphatic heterocycles. The van der Waals surface area contributed by atoms with Crippen LogP contribution in [0, 0.1) is 0 Å². The molecule has 1 aromatic rings. The number of hydrogen-bond donors (Lipinski definition) is 1. The van der Waals surface area contributed by atoms with Crippen LogP contribution in [0.3, 0.4) is 0 Å². The fourth-order valence-corrected chi connectivity index (χ4v) is 1.44. The Hall–Kier alpha value is -0.0900. The quantitative estimate of drug-likeness (QED) is 0.868. The molecule has 1 nitrogen and oxygen atoms in total. The van der Waals surface area contributed by atoms with Gasteiger partial charge < -0.3 is 5.73 Å². The number of halogens is 5. The Labute approximate surface area is 96.6 Å². The molecule has 0 spiro atoms.